The molecule has 0 atom stereocenters. The summed E-state index contributed by atoms with van der Waals surface area (Å²) in [6, 6.07) is 0. The third kappa shape index (κ3) is 12.1. The average Bonchev–Trinajstić information content (AvgIpc) is 2.75. The molecule has 0 bridgehead atoms. The molecule has 2 heterocycles. The standard InChI is InChI=1S/C16H24N6O4S2/c1-3-19-21-15(17-1)27-13-11-25-9-7-23-5-6-24-8-10-26-12-14-28-16-18-2-4-20-22-16/h1-4H,5-14H2. The molecular formula is C16H24N6O4S2. The molecule has 0 N–H and O–H groups in total. The minimum absolute atomic E-state index is 0.538. The second-order valence-corrected chi connectivity index (χ2v) is 7.12. The molecule has 0 unspecified atom stereocenters. The van der Waals surface area contributed by atoms with Gasteiger partial charge in [0.1, 0.15) is 0 Å². The van der Waals surface area contributed by atoms with Gasteiger partial charge >= 0.3 is 0 Å². The van der Waals surface area contributed by atoms with Crippen LogP contribution in [0.4, 0.5) is 0 Å². The predicted octanol–water partition coefficient (Wildman–Crippen LogP) is 1.01. The maximum atomic E-state index is 5.47. The highest BCUT2D eigenvalue weighted by molar-refractivity contribution is 7.99. The molecule has 12 heteroatoms. The molecule has 0 aliphatic carbocycles. The molecule has 0 amide bonds. The first-order valence-corrected chi connectivity index (χ1v) is 10.8. The molecule has 0 aromatic carbocycles. The highest BCUT2D eigenvalue weighted by atomic mass is 32.2. The molecule has 0 fully saturated rings. The van der Waals surface area contributed by atoms with Gasteiger partial charge in [0.25, 0.3) is 0 Å². The summed E-state index contributed by atoms with van der Waals surface area (Å²) in [4.78, 5) is 8.15. The van der Waals surface area contributed by atoms with Gasteiger partial charge in [-0.05, 0) is 0 Å². The lowest BCUT2D eigenvalue weighted by Gasteiger charge is -2.07. The van der Waals surface area contributed by atoms with Gasteiger partial charge in [-0.3, -0.25) is 0 Å². The predicted molar refractivity (Wildman–Crippen MR) is 104 cm³/mol. The van der Waals surface area contributed by atoms with Crippen LogP contribution in [0.3, 0.4) is 0 Å². The van der Waals surface area contributed by atoms with Crippen LogP contribution in [0.25, 0.3) is 0 Å². The van der Waals surface area contributed by atoms with Gasteiger partial charge in [-0.15, -0.1) is 10.2 Å². The second-order valence-electron chi connectivity index (χ2n) is 5.00. The molecule has 2 aromatic heterocycles. The fourth-order valence-corrected chi connectivity index (χ4v) is 3.00. The van der Waals surface area contributed by atoms with Crippen molar-refractivity contribution in [1.82, 2.24) is 30.4 Å². The van der Waals surface area contributed by atoms with Crippen molar-refractivity contribution in [2.75, 3.05) is 64.4 Å². The highest BCUT2D eigenvalue weighted by Crippen LogP contribution is 2.09. The van der Waals surface area contributed by atoms with Gasteiger partial charge < -0.3 is 18.9 Å². The van der Waals surface area contributed by atoms with E-state index in [2.05, 4.69) is 30.4 Å². The Kier molecular flexibility index (Phi) is 13.5. The molecule has 2 aromatic rings. The normalized spacial score (nSPS) is 11.0. The SMILES string of the molecule is c1cnc(SCCOCCOCCOCCOCCSc2nccnn2)nn1. The summed E-state index contributed by atoms with van der Waals surface area (Å²) in [7, 11) is 0. The molecule has 28 heavy (non-hydrogen) atoms. The van der Waals surface area contributed by atoms with Gasteiger partial charge in [0, 0.05) is 11.5 Å². The first kappa shape index (κ1) is 22.8. The van der Waals surface area contributed by atoms with Crippen LogP contribution in [0.5, 0.6) is 0 Å². The summed E-state index contributed by atoms with van der Waals surface area (Å²) in [6.45, 7) is 4.50. The Bertz CT molecular complexity index is 549. The first-order chi connectivity index (χ1) is 13.9. The summed E-state index contributed by atoms with van der Waals surface area (Å²) in [6.07, 6.45) is 6.34. The number of ether oxygens (including phenoxy) is 4. The smallest absolute Gasteiger partial charge is 0.209 e. The van der Waals surface area contributed by atoms with Crippen molar-refractivity contribution in [2.45, 2.75) is 10.3 Å². The van der Waals surface area contributed by atoms with E-state index < -0.39 is 0 Å². The maximum Gasteiger partial charge on any atom is 0.209 e. The molecular weight excluding hydrogens is 404 g/mol. The van der Waals surface area contributed by atoms with E-state index >= 15 is 0 Å². The lowest BCUT2D eigenvalue weighted by Crippen LogP contribution is -2.13. The van der Waals surface area contributed by atoms with Crippen molar-refractivity contribution in [3.8, 4) is 0 Å². The molecule has 0 saturated heterocycles. The van der Waals surface area contributed by atoms with Crippen molar-refractivity contribution in [2.24, 2.45) is 0 Å². The second kappa shape index (κ2) is 16.5. The molecule has 0 aliphatic heterocycles. The maximum absolute atomic E-state index is 5.47. The third-order valence-electron chi connectivity index (χ3n) is 2.96. The van der Waals surface area contributed by atoms with Gasteiger partial charge in [-0.1, -0.05) is 23.5 Å². The zero-order valence-corrected chi connectivity index (χ0v) is 17.1. The molecule has 0 saturated carbocycles. The molecule has 0 spiro atoms. The number of nitrogens with zero attached hydrogens (tertiary/aromatic N) is 6. The minimum atomic E-state index is 0.538. The fraction of sp³-hybridized carbons (Fsp3) is 0.625. The number of rotatable bonds is 17. The topological polar surface area (TPSA) is 114 Å². The minimum Gasteiger partial charge on any atom is -0.378 e. The van der Waals surface area contributed by atoms with Crippen LogP contribution in [-0.2, 0) is 18.9 Å². The summed E-state index contributed by atoms with van der Waals surface area (Å²) < 4.78 is 21.8. The van der Waals surface area contributed by atoms with Crippen LogP contribution in [0.2, 0.25) is 0 Å². The summed E-state index contributed by atoms with van der Waals surface area (Å²) in [5.74, 6) is 1.56. The van der Waals surface area contributed by atoms with Crippen molar-refractivity contribution >= 4 is 23.5 Å². The Morgan fingerprint density at radius 1 is 0.536 bits per heavy atom. The quantitative estimate of drug-likeness (QED) is 0.264. The fourth-order valence-electron chi connectivity index (χ4n) is 1.75. The molecule has 2 rings (SSSR count). The first-order valence-electron chi connectivity index (χ1n) is 8.79. The molecule has 10 nitrogen and oxygen atoms in total. The Morgan fingerprint density at radius 3 is 1.29 bits per heavy atom. The summed E-state index contributed by atoms with van der Waals surface area (Å²) in [5.41, 5.74) is 0. The van der Waals surface area contributed by atoms with Crippen molar-refractivity contribution < 1.29 is 18.9 Å². The number of aromatic nitrogens is 6. The van der Waals surface area contributed by atoms with E-state index in [-0.39, 0.29) is 0 Å². The van der Waals surface area contributed by atoms with Gasteiger partial charge in [-0.2, -0.15) is 10.2 Å². The van der Waals surface area contributed by atoms with Crippen LogP contribution in [0, 0.1) is 0 Å². The van der Waals surface area contributed by atoms with E-state index in [9.17, 15) is 0 Å². The lowest BCUT2D eigenvalue weighted by atomic mass is 10.7. The van der Waals surface area contributed by atoms with Crippen LogP contribution >= 0.6 is 23.5 Å². The van der Waals surface area contributed by atoms with Crippen molar-refractivity contribution in [1.29, 1.82) is 0 Å². The van der Waals surface area contributed by atoms with Gasteiger partial charge in [-0.25, -0.2) is 9.97 Å². The van der Waals surface area contributed by atoms with Crippen LogP contribution in [0.15, 0.2) is 35.1 Å². The Hall–Kier alpha value is -1.44. The molecule has 0 aliphatic rings. The monoisotopic (exact) mass is 428 g/mol. The summed E-state index contributed by atoms with van der Waals surface area (Å²) >= 11 is 3.02. The zero-order chi connectivity index (χ0) is 19.5. The highest BCUT2D eigenvalue weighted by Gasteiger charge is 1.98. The van der Waals surface area contributed by atoms with E-state index in [1.165, 1.54) is 23.5 Å². The van der Waals surface area contributed by atoms with Crippen LogP contribution < -0.4 is 0 Å². The van der Waals surface area contributed by atoms with E-state index in [4.69, 9.17) is 18.9 Å². The van der Waals surface area contributed by atoms with E-state index in [0.29, 0.717) is 63.2 Å². The van der Waals surface area contributed by atoms with Gasteiger partial charge in [0.05, 0.1) is 77.6 Å². The molecule has 0 radical (unpaired) electrons. The summed E-state index contributed by atoms with van der Waals surface area (Å²) in [5, 5.41) is 16.6. The average molecular weight is 429 g/mol. The Labute approximate surface area is 172 Å². The van der Waals surface area contributed by atoms with E-state index in [0.717, 1.165) is 11.5 Å². The van der Waals surface area contributed by atoms with Crippen LogP contribution in [-0.4, -0.2) is 94.7 Å². The molecule has 154 valence electrons. The van der Waals surface area contributed by atoms with Gasteiger partial charge in [0.15, 0.2) is 0 Å². The number of thioether (sulfide) groups is 2. The van der Waals surface area contributed by atoms with Crippen molar-refractivity contribution in [3.05, 3.63) is 24.8 Å². The van der Waals surface area contributed by atoms with Gasteiger partial charge in [0.2, 0.25) is 10.3 Å². The Morgan fingerprint density at radius 2 is 0.929 bits per heavy atom. The van der Waals surface area contributed by atoms with E-state index in [1.807, 2.05) is 0 Å². The zero-order valence-electron chi connectivity index (χ0n) is 15.5. The number of hydrogen-bond donors (Lipinski definition) is 0. The lowest BCUT2D eigenvalue weighted by molar-refractivity contribution is 0.00146. The van der Waals surface area contributed by atoms with E-state index in [1.54, 1.807) is 24.8 Å². The van der Waals surface area contributed by atoms with Crippen LogP contribution in [0.1, 0.15) is 0 Å². The largest absolute Gasteiger partial charge is 0.378 e. The third-order valence-corrected chi connectivity index (χ3v) is 4.59. The Balaban J connectivity index is 1.25. The van der Waals surface area contributed by atoms with Crippen molar-refractivity contribution in [3.63, 3.8) is 0 Å². The number of hydrogen-bond acceptors (Lipinski definition) is 12.